The molecule has 8 atom stereocenters. The molecule has 4 aliphatic carbocycles. The Morgan fingerprint density at radius 1 is 1.00 bits per heavy atom. The van der Waals surface area contributed by atoms with Crippen LogP contribution in [0.4, 0.5) is 0 Å². The summed E-state index contributed by atoms with van der Waals surface area (Å²) >= 11 is 0. The van der Waals surface area contributed by atoms with Gasteiger partial charge in [0.15, 0.2) is 11.8 Å². The lowest BCUT2D eigenvalue weighted by atomic mass is 9.47. The van der Waals surface area contributed by atoms with Gasteiger partial charge in [-0.2, -0.15) is 0 Å². The van der Waals surface area contributed by atoms with Gasteiger partial charge in [0.25, 0.3) is 0 Å². The molecule has 8 nitrogen and oxygen atoms in total. The number of aliphatic hydroxyl groups is 1. The first-order chi connectivity index (χ1) is 20.1. The fraction of sp³-hybridized carbons (Fsp3) is 0.647. The van der Waals surface area contributed by atoms with E-state index in [1.54, 1.807) is 37.3 Å². The molecule has 228 valence electrons. The zero-order valence-electron chi connectivity index (χ0n) is 25.1. The van der Waals surface area contributed by atoms with Gasteiger partial charge in [0.05, 0.1) is 13.0 Å². The molecular weight excluding hydrogens is 534 g/mol. The molecule has 0 heterocycles. The molecule has 0 saturated heterocycles. The van der Waals surface area contributed by atoms with E-state index in [0.717, 1.165) is 44.9 Å². The minimum absolute atomic E-state index is 0.0874. The summed E-state index contributed by atoms with van der Waals surface area (Å²) in [7, 11) is 0. The number of nitrogens with one attached hydrogen (secondary N) is 1. The molecule has 4 aliphatic rings. The summed E-state index contributed by atoms with van der Waals surface area (Å²) in [5, 5.41) is 13.3. The van der Waals surface area contributed by atoms with Crippen LogP contribution in [0.2, 0.25) is 0 Å². The molecule has 1 amide bonds. The standard InChI is InChI=1S/C34H45NO7/c1-4-41-32(40)30(31(39)21-8-6-5-7-9-21)35-28(37)14-15-29(38)42-27-13-12-25-24-11-10-22-20-23(36)16-18-33(22,2)26(24)17-19-34(25,27)3/h5-9,20,24-27,30-31,39H,4,10-19H2,1-3H3,(H,35,37)/t24-,25-,26-,27-,30+,31+,33-,34-/m0/s1. The summed E-state index contributed by atoms with van der Waals surface area (Å²) in [5.74, 6) is 0.225. The van der Waals surface area contributed by atoms with E-state index >= 15 is 0 Å². The average Bonchev–Trinajstić information content (AvgIpc) is 3.31. The number of hydrogen-bond donors (Lipinski definition) is 2. The number of rotatable bonds is 9. The van der Waals surface area contributed by atoms with Gasteiger partial charge in [0.2, 0.25) is 5.91 Å². The Morgan fingerprint density at radius 3 is 2.50 bits per heavy atom. The molecule has 2 N–H and O–H groups in total. The second-order valence-electron chi connectivity index (χ2n) is 13.2. The van der Waals surface area contributed by atoms with Crippen molar-refractivity contribution in [1.82, 2.24) is 5.32 Å². The predicted octanol–water partition coefficient (Wildman–Crippen LogP) is 4.99. The van der Waals surface area contributed by atoms with E-state index in [9.17, 15) is 24.3 Å². The maximum absolute atomic E-state index is 13.0. The highest BCUT2D eigenvalue weighted by Gasteiger charge is 2.60. The van der Waals surface area contributed by atoms with Crippen LogP contribution >= 0.6 is 0 Å². The molecular formula is C34H45NO7. The Bertz CT molecular complexity index is 1230. The highest BCUT2D eigenvalue weighted by atomic mass is 16.5. The van der Waals surface area contributed by atoms with Crippen molar-refractivity contribution >= 4 is 23.6 Å². The first kappa shape index (κ1) is 30.5. The molecule has 0 aromatic heterocycles. The highest BCUT2D eigenvalue weighted by Crippen LogP contribution is 2.65. The monoisotopic (exact) mass is 579 g/mol. The summed E-state index contributed by atoms with van der Waals surface area (Å²) < 4.78 is 11.1. The molecule has 1 aromatic rings. The first-order valence-corrected chi connectivity index (χ1v) is 15.7. The number of esters is 2. The fourth-order valence-corrected chi connectivity index (χ4v) is 8.73. The lowest BCUT2D eigenvalue weighted by molar-refractivity contribution is -0.160. The van der Waals surface area contributed by atoms with Crippen LogP contribution in [-0.4, -0.2) is 47.5 Å². The smallest absolute Gasteiger partial charge is 0.331 e. The topological polar surface area (TPSA) is 119 Å². The normalized spacial score (nSPS) is 33.2. The number of carbonyl (C=O) groups excluding carboxylic acids is 4. The van der Waals surface area contributed by atoms with Gasteiger partial charge < -0.3 is 19.9 Å². The van der Waals surface area contributed by atoms with Crippen molar-refractivity contribution in [2.24, 2.45) is 28.6 Å². The third-order valence-corrected chi connectivity index (χ3v) is 11.0. The lowest BCUT2D eigenvalue weighted by Crippen LogP contribution is -2.51. The van der Waals surface area contributed by atoms with Gasteiger partial charge in [0.1, 0.15) is 12.2 Å². The van der Waals surface area contributed by atoms with Crippen LogP contribution in [0.15, 0.2) is 42.0 Å². The van der Waals surface area contributed by atoms with Gasteiger partial charge >= 0.3 is 11.9 Å². The number of amides is 1. The second-order valence-corrected chi connectivity index (χ2v) is 13.2. The molecule has 0 unspecified atom stereocenters. The van der Waals surface area contributed by atoms with Crippen LogP contribution in [0.5, 0.6) is 0 Å². The highest BCUT2D eigenvalue weighted by molar-refractivity contribution is 5.91. The van der Waals surface area contributed by atoms with E-state index in [-0.39, 0.29) is 42.2 Å². The summed E-state index contributed by atoms with van der Waals surface area (Å²) in [4.78, 5) is 50.4. The first-order valence-electron chi connectivity index (χ1n) is 15.7. The third-order valence-electron chi connectivity index (χ3n) is 11.0. The quantitative estimate of drug-likeness (QED) is 0.396. The van der Waals surface area contributed by atoms with E-state index in [4.69, 9.17) is 9.47 Å². The molecule has 0 bridgehead atoms. The maximum atomic E-state index is 13.0. The molecule has 1 aromatic carbocycles. The molecule has 3 saturated carbocycles. The number of hydrogen-bond acceptors (Lipinski definition) is 7. The van der Waals surface area contributed by atoms with Crippen molar-refractivity contribution in [3.05, 3.63) is 47.5 Å². The largest absolute Gasteiger partial charge is 0.464 e. The van der Waals surface area contributed by atoms with Crippen molar-refractivity contribution in [3.8, 4) is 0 Å². The van der Waals surface area contributed by atoms with E-state index in [1.807, 2.05) is 6.08 Å². The van der Waals surface area contributed by atoms with Crippen LogP contribution in [0, 0.1) is 28.6 Å². The number of allylic oxidation sites excluding steroid dienone is 1. The van der Waals surface area contributed by atoms with Crippen LogP contribution in [0.1, 0.15) is 96.6 Å². The van der Waals surface area contributed by atoms with Crippen molar-refractivity contribution in [1.29, 1.82) is 0 Å². The van der Waals surface area contributed by atoms with Crippen LogP contribution < -0.4 is 5.32 Å². The van der Waals surface area contributed by atoms with Crippen LogP contribution in [0.25, 0.3) is 0 Å². The van der Waals surface area contributed by atoms with Crippen LogP contribution in [-0.2, 0) is 28.7 Å². The maximum Gasteiger partial charge on any atom is 0.331 e. The van der Waals surface area contributed by atoms with Gasteiger partial charge in [-0.1, -0.05) is 49.8 Å². The number of ketones is 1. The van der Waals surface area contributed by atoms with Crippen molar-refractivity contribution in [2.75, 3.05) is 6.61 Å². The Kier molecular flexibility index (Phi) is 8.93. The Hall–Kier alpha value is -3.00. The Labute approximate surface area is 248 Å². The minimum Gasteiger partial charge on any atom is -0.464 e. The van der Waals surface area contributed by atoms with Gasteiger partial charge in [-0.3, -0.25) is 14.4 Å². The lowest BCUT2D eigenvalue weighted by Gasteiger charge is -2.57. The molecule has 0 aliphatic heterocycles. The number of benzene rings is 1. The third kappa shape index (κ3) is 5.79. The molecule has 42 heavy (non-hydrogen) atoms. The molecule has 0 radical (unpaired) electrons. The Morgan fingerprint density at radius 2 is 1.76 bits per heavy atom. The fourth-order valence-electron chi connectivity index (χ4n) is 8.73. The number of fused-ring (bicyclic) bond motifs is 5. The Balaban J connectivity index is 1.17. The van der Waals surface area contributed by atoms with Gasteiger partial charge in [-0.05, 0) is 86.7 Å². The van der Waals surface area contributed by atoms with E-state index in [1.165, 1.54) is 5.57 Å². The summed E-state index contributed by atoms with van der Waals surface area (Å²) in [5.41, 5.74) is 1.85. The number of aliphatic hydroxyl groups excluding tert-OH is 1. The summed E-state index contributed by atoms with van der Waals surface area (Å²) in [6, 6.07) is 7.32. The molecule has 5 rings (SSSR count). The number of carbonyl (C=O) groups is 4. The van der Waals surface area contributed by atoms with Gasteiger partial charge in [0, 0.05) is 18.3 Å². The van der Waals surface area contributed by atoms with E-state index in [0.29, 0.717) is 29.7 Å². The predicted molar refractivity (Wildman–Crippen MR) is 156 cm³/mol. The summed E-state index contributed by atoms with van der Waals surface area (Å²) in [6.07, 6.45) is 7.81. The molecule has 8 heteroatoms. The van der Waals surface area contributed by atoms with Gasteiger partial charge in [-0.25, -0.2) is 4.79 Å². The van der Waals surface area contributed by atoms with Crippen LogP contribution in [0.3, 0.4) is 0 Å². The zero-order chi connectivity index (χ0) is 30.1. The summed E-state index contributed by atoms with van der Waals surface area (Å²) in [6.45, 7) is 6.41. The van der Waals surface area contributed by atoms with Crippen molar-refractivity contribution in [2.45, 2.75) is 103 Å². The van der Waals surface area contributed by atoms with Gasteiger partial charge in [-0.15, -0.1) is 0 Å². The molecule has 3 fully saturated rings. The zero-order valence-corrected chi connectivity index (χ0v) is 25.1. The second kappa shape index (κ2) is 12.3. The van der Waals surface area contributed by atoms with E-state index < -0.39 is 30.0 Å². The SMILES string of the molecule is CCOC(=O)[C@H](NC(=O)CCC(=O)O[C@H]1CC[C@H]2[C@@H]3CCC4=CC(=O)CC[C@]4(C)[C@H]3CC[C@]12C)[C@H](O)c1ccccc1. The number of ether oxygens (including phenoxy) is 2. The van der Waals surface area contributed by atoms with E-state index in [2.05, 4.69) is 19.2 Å². The molecule has 0 spiro atoms. The van der Waals surface area contributed by atoms with Crippen molar-refractivity contribution < 1.29 is 33.8 Å². The minimum atomic E-state index is -1.28. The van der Waals surface area contributed by atoms with Crippen molar-refractivity contribution in [3.63, 3.8) is 0 Å². The average molecular weight is 580 g/mol.